The van der Waals surface area contributed by atoms with Gasteiger partial charge in [-0.05, 0) is 42.9 Å². The van der Waals surface area contributed by atoms with Crippen LogP contribution in [0, 0.1) is 11.8 Å². The normalized spacial score (nSPS) is 26.4. The summed E-state index contributed by atoms with van der Waals surface area (Å²) in [7, 11) is -3.41. The molecule has 0 spiro atoms. The standard InChI is InChI=1S/C17H21NO5S/c1-2-24(22,23)13-7-3-5-11(9-13)16(19)18-10-12-6-4-8-14(12)15(18)17(20)21/h3,5,7,9,12,14-15H,2,4,6,8,10H2,1H3,(H,20,21). The number of carbonyl (C=O) groups is 2. The number of nitrogens with zero attached hydrogens (tertiary/aromatic N) is 1. The lowest BCUT2D eigenvalue weighted by Gasteiger charge is -2.24. The van der Waals surface area contributed by atoms with E-state index in [9.17, 15) is 23.1 Å². The number of likely N-dealkylation sites (tertiary alicyclic amines) is 1. The molecule has 1 aromatic rings. The zero-order chi connectivity index (χ0) is 17.5. The lowest BCUT2D eigenvalue weighted by atomic mass is 9.94. The van der Waals surface area contributed by atoms with Crippen molar-refractivity contribution in [1.82, 2.24) is 4.90 Å². The molecule has 2 fully saturated rings. The number of amides is 1. The predicted molar refractivity (Wildman–Crippen MR) is 87.5 cm³/mol. The first kappa shape index (κ1) is 17.0. The van der Waals surface area contributed by atoms with Crippen molar-refractivity contribution in [3.05, 3.63) is 29.8 Å². The Bertz CT molecular complexity index is 773. The van der Waals surface area contributed by atoms with Crippen molar-refractivity contribution in [3.63, 3.8) is 0 Å². The Labute approximate surface area is 141 Å². The van der Waals surface area contributed by atoms with Crippen molar-refractivity contribution in [2.45, 2.75) is 37.1 Å². The van der Waals surface area contributed by atoms with Crippen LogP contribution >= 0.6 is 0 Å². The van der Waals surface area contributed by atoms with Gasteiger partial charge in [-0.2, -0.15) is 0 Å². The van der Waals surface area contributed by atoms with Crippen LogP contribution in [0.4, 0.5) is 0 Å². The van der Waals surface area contributed by atoms with Gasteiger partial charge >= 0.3 is 5.97 Å². The molecule has 0 bridgehead atoms. The number of carbonyl (C=O) groups excluding carboxylic acids is 1. The van der Waals surface area contributed by atoms with Crippen molar-refractivity contribution in [1.29, 1.82) is 0 Å². The molecule has 1 saturated heterocycles. The Morgan fingerprint density at radius 2 is 2.04 bits per heavy atom. The molecule has 1 aliphatic heterocycles. The molecule has 6 nitrogen and oxygen atoms in total. The molecule has 1 N–H and O–H groups in total. The quantitative estimate of drug-likeness (QED) is 0.893. The number of sulfone groups is 1. The summed E-state index contributed by atoms with van der Waals surface area (Å²) in [5.74, 6) is -1.18. The number of rotatable bonds is 4. The average molecular weight is 351 g/mol. The molecule has 0 aromatic heterocycles. The third-order valence-corrected chi connectivity index (χ3v) is 6.96. The molecule has 3 rings (SSSR count). The first-order chi connectivity index (χ1) is 11.3. The Morgan fingerprint density at radius 1 is 1.29 bits per heavy atom. The second-order valence-corrected chi connectivity index (χ2v) is 8.80. The molecule has 3 atom stereocenters. The summed E-state index contributed by atoms with van der Waals surface area (Å²) in [4.78, 5) is 26.0. The van der Waals surface area contributed by atoms with Crippen LogP contribution in [0.5, 0.6) is 0 Å². The van der Waals surface area contributed by atoms with E-state index >= 15 is 0 Å². The number of fused-ring (bicyclic) bond motifs is 1. The Kier molecular flexibility index (Phi) is 4.38. The lowest BCUT2D eigenvalue weighted by Crippen LogP contribution is -2.43. The molecule has 130 valence electrons. The molecule has 1 saturated carbocycles. The maximum atomic E-state index is 12.8. The summed E-state index contributed by atoms with van der Waals surface area (Å²) in [6.07, 6.45) is 2.78. The smallest absolute Gasteiger partial charge is 0.326 e. The van der Waals surface area contributed by atoms with Gasteiger partial charge in [0.15, 0.2) is 9.84 Å². The van der Waals surface area contributed by atoms with Crippen LogP contribution in [-0.4, -0.2) is 48.6 Å². The number of hydrogen-bond donors (Lipinski definition) is 1. The van der Waals surface area contributed by atoms with Crippen molar-refractivity contribution in [2.24, 2.45) is 11.8 Å². The van der Waals surface area contributed by atoms with E-state index in [1.807, 2.05) is 0 Å². The number of aliphatic carboxylic acids is 1. The number of benzene rings is 1. The molecule has 3 unspecified atom stereocenters. The maximum Gasteiger partial charge on any atom is 0.326 e. The zero-order valence-electron chi connectivity index (χ0n) is 13.5. The summed E-state index contributed by atoms with van der Waals surface area (Å²) < 4.78 is 24.0. The molecular formula is C17H21NO5S. The molecule has 0 radical (unpaired) electrons. The van der Waals surface area contributed by atoms with E-state index < -0.39 is 27.8 Å². The fourth-order valence-electron chi connectivity index (χ4n) is 3.99. The minimum Gasteiger partial charge on any atom is -0.480 e. The summed E-state index contributed by atoms with van der Waals surface area (Å²) in [5.41, 5.74) is 0.232. The van der Waals surface area contributed by atoms with Gasteiger partial charge in [-0.25, -0.2) is 13.2 Å². The summed E-state index contributed by atoms with van der Waals surface area (Å²) >= 11 is 0. The van der Waals surface area contributed by atoms with E-state index in [1.54, 1.807) is 13.0 Å². The molecule has 1 aliphatic carbocycles. The van der Waals surface area contributed by atoms with Crippen LogP contribution in [0.25, 0.3) is 0 Å². The van der Waals surface area contributed by atoms with E-state index in [-0.39, 0.29) is 28.0 Å². The first-order valence-corrected chi connectivity index (χ1v) is 9.87. The van der Waals surface area contributed by atoms with Crippen molar-refractivity contribution >= 4 is 21.7 Å². The van der Waals surface area contributed by atoms with Gasteiger partial charge in [-0.3, -0.25) is 4.79 Å². The molecule has 1 heterocycles. The third-order valence-electron chi connectivity index (χ3n) is 5.22. The third kappa shape index (κ3) is 2.81. The zero-order valence-corrected chi connectivity index (χ0v) is 14.3. The van der Waals surface area contributed by atoms with Crippen LogP contribution in [0.1, 0.15) is 36.5 Å². The Balaban J connectivity index is 1.92. The highest BCUT2D eigenvalue weighted by Gasteiger charge is 2.49. The van der Waals surface area contributed by atoms with Gasteiger partial charge in [0.2, 0.25) is 0 Å². The fraction of sp³-hybridized carbons (Fsp3) is 0.529. The van der Waals surface area contributed by atoms with Gasteiger partial charge in [-0.1, -0.05) is 19.4 Å². The molecule has 24 heavy (non-hydrogen) atoms. The summed E-state index contributed by atoms with van der Waals surface area (Å²) in [6.45, 7) is 1.98. The minimum atomic E-state index is -3.41. The van der Waals surface area contributed by atoms with Crippen molar-refractivity contribution in [2.75, 3.05) is 12.3 Å². The second-order valence-electron chi connectivity index (χ2n) is 6.53. The molecule has 1 amide bonds. The van der Waals surface area contributed by atoms with Gasteiger partial charge in [0, 0.05) is 12.1 Å². The predicted octanol–water partition coefficient (Wildman–Crippen LogP) is 1.81. The molecule has 1 aromatic carbocycles. The number of carboxylic acid groups (broad SMARTS) is 1. The minimum absolute atomic E-state index is 0.00834. The van der Waals surface area contributed by atoms with Crippen LogP contribution < -0.4 is 0 Å². The van der Waals surface area contributed by atoms with Crippen LogP contribution in [0.3, 0.4) is 0 Å². The van der Waals surface area contributed by atoms with Crippen LogP contribution in [0.15, 0.2) is 29.2 Å². The van der Waals surface area contributed by atoms with E-state index in [1.165, 1.54) is 23.1 Å². The maximum absolute atomic E-state index is 12.8. The number of carboxylic acids is 1. The van der Waals surface area contributed by atoms with Gasteiger partial charge in [0.1, 0.15) is 6.04 Å². The Morgan fingerprint density at radius 3 is 2.71 bits per heavy atom. The highest BCUT2D eigenvalue weighted by Crippen LogP contribution is 2.42. The van der Waals surface area contributed by atoms with E-state index in [2.05, 4.69) is 0 Å². The van der Waals surface area contributed by atoms with E-state index in [0.717, 1.165) is 19.3 Å². The second kappa shape index (κ2) is 6.20. The van der Waals surface area contributed by atoms with Gasteiger partial charge in [0.05, 0.1) is 10.6 Å². The van der Waals surface area contributed by atoms with Crippen LogP contribution in [0.2, 0.25) is 0 Å². The van der Waals surface area contributed by atoms with Crippen LogP contribution in [-0.2, 0) is 14.6 Å². The van der Waals surface area contributed by atoms with Gasteiger partial charge in [0.25, 0.3) is 5.91 Å². The van der Waals surface area contributed by atoms with Gasteiger partial charge < -0.3 is 10.0 Å². The molecule has 7 heteroatoms. The Hall–Kier alpha value is -1.89. The lowest BCUT2D eigenvalue weighted by molar-refractivity contribution is -0.142. The summed E-state index contributed by atoms with van der Waals surface area (Å²) in [6, 6.07) is 5.08. The molecule has 2 aliphatic rings. The van der Waals surface area contributed by atoms with E-state index in [0.29, 0.717) is 6.54 Å². The highest BCUT2D eigenvalue weighted by molar-refractivity contribution is 7.91. The highest BCUT2D eigenvalue weighted by atomic mass is 32.2. The molecular weight excluding hydrogens is 330 g/mol. The first-order valence-electron chi connectivity index (χ1n) is 8.21. The van der Waals surface area contributed by atoms with Gasteiger partial charge in [-0.15, -0.1) is 0 Å². The SMILES string of the molecule is CCS(=O)(=O)c1cccc(C(=O)N2CC3CCCC3C2C(=O)O)c1. The fourth-order valence-corrected chi connectivity index (χ4v) is 4.91. The summed E-state index contributed by atoms with van der Waals surface area (Å²) in [5, 5.41) is 9.56. The van der Waals surface area contributed by atoms with E-state index in [4.69, 9.17) is 0 Å². The van der Waals surface area contributed by atoms with Crippen molar-refractivity contribution in [3.8, 4) is 0 Å². The largest absolute Gasteiger partial charge is 0.480 e. The van der Waals surface area contributed by atoms with Crippen molar-refractivity contribution < 1.29 is 23.1 Å². The number of hydrogen-bond acceptors (Lipinski definition) is 4. The topological polar surface area (TPSA) is 91.8 Å². The average Bonchev–Trinajstić information content (AvgIpc) is 3.14. The monoisotopic (exact) mass is 351 g/mol.